The molecular formula is C9H14ClN3O2. The second kappa shape index (κ2) is 4.65. The molecule has 0 radical (unpaired) electrons. The topological polar surface area (TPSA) is 91.4 Å². The van der Waals surface area contributed by atoms with E-state index in [1.54, 1.807) is 12.1 Å². The summed E-state index contributed by atoms with van der Waals surface area (Å²) in [5.41, 5.74) is 4.86. The predicted molar refractivity (Wildman–Crippen MR) is 59.9 cm³/mol. The quantitative estimate of drug-likeness (QED) is 0.566. The van der Waals surface area contributed by atoms with Crippen molar-refractivity contribution < 1.29 is 10.2 Å². The van der Waals surface area contributed by atoms with E-state index in [2.05, 4.69) is 10.3 Å². The lowest BCUT2D eigenvalue weighted by Gasteiger charge is -2.21. The van der Waals surface area contributed by atoms with Crippen molar-refractivity contribution in [1.29, 1.82) is 0 Å². The first-order valence-electron chi connectivity index (χ1n) is 4.44. The number of aliphatic hydroxyl groups is 2. The summed E-state index contributed by atoms with van der Waals surface area (Å²) in [5.74, 6) is 0.399. The highest BCUT2D eigenvalue weighted by Gasteiger charge is 2.19. The molecule has 6 heteroatoms. The van der Waals surface area contributed by atoms with Crippen molar-refractivity contribution in [3.63, 3.8) is 0 Å². The predicted octanol–water partition coefficient (Wildman–Crippen LogP) is 0.472. The van der Waals surface area contributed by atoms with Crippen LogP contribution in [0.3, 0.4) is 0 Å². The van der Waals surface area contributed by atoms with Gasteiger partial charge in [-0.1, -0.05) is 11.6 Å². The zero-order valence-corrected chi connectivity index (χ0v) is 9.12. The highest BCUT2D eigenvalue weighted by molar-refractivity contribution is 6.29. The smallest absolute Gasteiger partial charge is 0.151 e. The van der Waals surface area contributed by atoms with Gasteiger partial charge < -0.3 is 21.3 Å². The molecule has 1 heterocycles. The molecule has 1 atom stereocenters. The molecule has 0 fully saturated rings. The molecule has 0 aliphatic rings. The average Bonchev–Trinajstić information content (AvgIpc) is 2.20. The first-order valence-corrected chi connectivity index (χ1v) is 4.81. The Balaban J connectivity index is 2.69. The third-order valence-corrected chi connectivity index (χ3v) is 2.08. The number of rotatable bonds is 4. The molecule has 0 aromatic carbocycles. The maximum Gasteiger partial charge on any atom is 0.151 e. The number of aliphatic hydroxyl groups excluding tert-OH is 1. The molecule has 0 aliphatic carbocycles. The van der Waals surface area contributed by atoms with Crippen LogP contribution in [0.15, 0.2) is 12.1 Å². The van der Waals surface area contributed by atoms with Gasteiger partial charge in [-0.2, -0.15) is 0 Å². The molecule has 1 aromatic heterocycles. The minimum atomic E-state index is -1.21. The number of anilines is 2. The van der Waals surface area contributed by atoms with Crippen molar-refractivity contribution in [2.45, 2.75) is 12.5 Å². The Kier molecular flexibility index (Phi) is 3.73. The minimum Gasteiger partial charge on any atom is -0.396 e. The number of nitrogen functional groups attached to an aromatic ring is 1. The molecule has 5 nitrogen and oxygen atoms in total. The Morgan fingerprint density at radius 2 is 2.27 bits per heavy atom. The number of aromatic nitrogens is 1. The third-order valence-electron chi connectivity index (χ3n) is 1.87. The van der Waals surface area contributed by atoms with Crippen LogP contribution in [-0.2, 0) is 0 Å². The first-order chi connectivity index (χ1) is 6.94. The first kappa shape index (κ1) is 12.0. The van der Waals surface area contributed by atoms with E-state index in [0.717, 1.165) is 0 Å². The van der Waals surface area contributed by atoms with Gasteiger partial charge in [0, 0.05) is 6.54 Å². The minimum absolute atomic E-state index is 0.140. The van der Waals surface area contributed by atoms with Crippen molar-refractivity contribution in [3.05, 3.63) is 17.3 Å². The molecule has 0 bridgehead atoms. The Bertz CT molecular complexity index is 344. The molecule has 0 spiro atoms. The van der Waals surface area contributed by atoms with Gasteiger partial charge in [-0.3, -0.25) is 0 Å². The van der Waals surface area contributed by atoms with E-state index in [0.29, 0.717) is 16.7 Å². The normalized spacial score (nSPS) is 14.7. The maximum atomic E-state index is 9.53. The van der Waals surface area contributed by atoms with Gasteiger partial charge in [0.2, 0.25) is 0 Å². The Morgan fingerprint density at radius 1 is 1.60 bits per heavy atom. The van der Waals surface area contributed by atoms with Gasteiger partial charge in [0.05, 0.1) is 12.3 Å². The maximum absolute atomic E-state index is 9.53. The van der Waals surface area contributed by atoms with Crippen molar-refractivity contribution in [1.82, 2.24) is 4.98 Å². The van der Waals surface area contributed by atoms with Gasteiger partial charge in [-0.05, 0) is 19.1 Å². The molecule has 1 aromatic rings. The van der Waals surface area contributed by atoms with E-state index >= 15 is 0 Å². The number of hydrogen-bond acceptors (Lipinski definition) is 5. The molecule has 5 N–H and O–H groups in total. The largest absolute Gasteiger partial charge is 0.396 e. The molecule has 0 amide bonds. The molecule has 0 saturated carbocycles. The molecule has 1 rings (SSSR count). The number of nitrogens with one attached hydrogen (secondary N) is 1. The van der Waals surface area contributed by atoms with Crippen LogP contribution in [0.25, 0.3) is 0 Å². The fourth-order valence-corrected chi connectivity index (χ4v) is 1.07. The van der Waals surface area contributed by atoms with Gasteiger partial charge in [0.15, 0.2) is 5.82 Å². The van der Waals surface area contributed by atoms with Crippen LogP contribution in [0.4, 0.5) is 11.5 Å². The molecule has 15 heavy (non-hydrogen) atoms. The zero-order valence-electron chi connectivity index (χ0n) is 8.37. The monoisotopic (exact) mass is 231 g/mol. The fourth-order valence-electron chi connectivity index (χ4n) is 0.918. The van der Waals surface area contributed by atoms with E-state index in [1.807, 2.05) is 0 Å². The second-order valence-electron chi connectivity index (χ2n) is 3.58. The summed E-state index contributed by atoms with van der Waals surface area (Å²) >= 11 is 5.68. The third kappa shape index (κ3) is 3.54. The van der Waals surface area contributed by atoms with Crippen LogP contribution in [0, 0.1) is 0 Å². The lowest BCUT2D eigenvalue weighted by atomic mass is 10.1. The van der Waals surface area contributed by atoms with Gasteiger partial charge in [-0.15, -0.1) is 0 Å². The van der Waals surface area contributed by atoms with E-state index in [9.17, 15) is 5.11 Å². The summed E-state index contributed by atoms with van der Waals surface area (Å²) < 4.78 is 0. The average molecular weight is 232 g/mol. The van der Waals surface area contributed by atoms with Crippen LogP contribution < -0.4 is 11.1 Å². The number of nitrogens with zero attached hydrogens (tertiary/aromatic N) is 1. The molecular weight excluding hydrogens is 218 g/mol. The van der Waals surface area contributed by atoms with Crippen LogP contribution in [0.1, 0.15) is 6.92 Å². The van der Waals surface area contributed by atoms with Crippen LogP contribution in [0.2, 0.25) is 5.15 Å². The van der Waals surface area contributed by atoms with Gasteiger partial charge in [-0.25, -0.2) is 4.98 Å². The summed E-state index contributed by atoms with van der Waals surface area (Å²) in [6.07, 6.45) is 0. The molecule has 1 unspecified atom stereocenters. The lowest BCUT2D eigenvalue weighted by molar-refractivity contribution is 0.0132. The number of pyridine rings is 1. The van der Waals surface area contributed by atoms with Crippen LogP contribution >= 0.6 is 11.6 Å². The standard InChI is InChI=1S/C9H14ClN3O2/c1-9(15,5-14)4-12-8-6(11)2-3-7(10)13-8/h2-3,14-15H,4-5,11H2,1H3,(H,12,13). The van der Waals surface area contributed by atoms with Crippen LogP contribution in [-0.4, -0.2) is 33.9 Å². The number of hydrogen-bond donors (Lipinski definition) is 4. The summed E-state index contributed by atoms with van der Waals surface area (Å²) in [6.45, 7) is 1.29. The second-order valence-corrected chi connectivity index (χ2v) is 3.97. The molecule has 84 valence electrons. The van der Waals surface area contributed by atoms with Crippen molar-refractivity contribution in [3.8, 4) is 0 Å². The zero-order chi connectivity index (χ0) is 11.5. The SMILES string of the molecule is CC(O)(CO)CNc1nc(Cl)ccc1N. The Morgan fingerprint density at radius 3 is 2.87 bits per heavy atom. The van der Waals surface area contributed by atoms with Gasteiger partial charge >= 0.3 is 0 Å². The Labute approximate surface area is 92.9 Å². The Hall–Kier alpha value is -1.04. The van der Waals surface area contributed by atoms with Crippen molar-refractivity contribution in [2.75, 3.05) is 24.2 Å². The lowest BCUT2D eigenvalue weighted by Crippen LogP contribution is -2.37. The van der Waals surface area contributed by atoms with E-state index in [1.165, 1.54) is 6.92 Å². The van der Waals surface area contributed by atoms with E-state index in [-0.39, 0.29) is 13.2 Å². The van der Waals surface area contributed by atoms with E-state index in [4.69, 9.17) is 22.4 Å². The highest BCUT2D eigenvalue weighted by Crippen LogP contribution is 2.18. The van der Waals surface area contributed by atoms with Crippen molar-refractivity contribution >= 4 is 23.1 Å². The summed E-state index contributed by atoms with van der Waals surface area (Å²) in [4.78, 5) is 3.95. The summed E-state index contributed by atoms with van der Waals surface area (Å²) in [7, 11) is 0. The van der Waals surface area contributed by atoms with Crippen molar-refractivity contribution in [2.24, 2.45) is 0 Å². The number of halogens is 1. The molecule has 0 aliphatic heterocycles. The van der Waals surface area contributed by atoms with E-state index < -0.39 is 5.60 Å². The highest BCUT2D eigenvalue weighted by atomic mass is 35.5. The van der Waals surface area contributed by atoms with Gasteiger partial charge in [0.25, 0.3) is 0 Å². The summed E-state index contributed by atoms with van der Waals surface area (Å²) in [6, 6.07) is 3.19. The summed E-state index contributed by atoms with van der Waals surface area (Å²) in [5, 5.41) is 21.5. The van der Waals surface area contributed by atoms with Gasteiger partial charge in [0.1, 0.15) is 10.8 Å². The molecule has 0 saturated heterocycles. The number of nitrogens with two attached hydrogens (primary N) is 1. The van der Waals surface area contributed by atoms with Crippen LogP contribution in [0.5, 0.6) is 0 Å². The fraction of sp³-hybridized carbons (Fsp3) is 0.444.